The Balaban J connectivity index is 1.86. The lowest BCUT2D eigenvalue weighted by Crippen LogP contribution is -2.24. The molecular formula is C25H44Br2O3. The molecule has 5 heteroatoms. The van der Waals surface area contributed by atoms with E-state index in [1.807, 2.05) is 0 Å². The molecule has 1 unspecified atom stereocenters. The molecular weight excluding hydrogens is 508 g/mol. The molecule has 0 aliphatic carbocycles. The van der Waals surface area contributed by atoms with Crippen LogP contribution in [-0.4, -0.2) is 28.5 Å². The van der Waals surface area contributed by atoms with Crippen LogP contribution in [0.2, 0.25) is 0 Å². The molecule has 0 spiro atoms. The van der Waals surface area contributed by atoms with Gasteiger partial charge in [-0.25, -0.2) is 4.79 Å². The first kappa shape index (κ1) is 28.2. The molecule has 176 valence electrons. The minimum Gasteiger partial charge on any atom is -0.459 e. The van der Waals surface area contributed by atoms with Crippen LogP contribution in [0.5, 0.6) is 0 Å². The normalized spacial score (nSPS) is 15.9. The lowest BCUT2D eigenvalue weighted by molar-refractivity contribution is -0.139. The zero-order valence-corrected chi connectivity index (χ0v) is 22.4. The van der Waals surface area contributed by atoms with Crippen LogP contribution in [0.1, 0.15) is 116 Å². The Bertz CT molecular complexity index is 461. The van der Waals surface area contributed by atoms with Crippen LogP contribution >= 0.6 is 31.9 Å². The van der Waals surface area contributed by atoms with Crippen LogP contribution in [0.25, 0.3) is 0 Å². The van der Waals surface area contributed by atoms with Gasteiger partial charge in [-0.3, -0.25) is 0 Å². The molecule has 1 aliphatic rings. The first-order valence-corrected chi connectivity index (χ1v) is 13.9. The van der Waals surface area contributed by atoms with Crippen LogP contribution in [0.4, 0.5) is 0 Å². The number of unbranched alkanes of at least 4 members (excludes halogenated alkanes) is 15. The van der Waals surface area contributed by atoms with Gasteiger partial charge in [-0.2, -0.15) is 0 Å². The van der Waals surface area contributed by atoms with Crippen molar-refractivity contribution in [3.8, 4) is 0 Å². The van der Waals surface area contributed by atoms with Crippen LogP contribution in [0.3, 0.4) is 0 Å². The summed E-state index contributed by atoms with van der Waals surface area (Å²) in [4.78, 5) is 12.1. The number of alkyl halides is 2. The average Bonchev–Trinajstić information content (AvgIpc) is 3.55. The highest BCUT2D eigenvalue weighted by atomic mass is 79.9. The number of ether oxygens (including phenoxy) is 2. The molecule has 1 saturated heterocycles. The zero-order valence-electron chi connectivity index (χ0n) is 19.2. The second-order valence-electron chi connectivity index (χ2n) is 8.79. The third-order valence-electron chi connectivity index (χ3n) is 5.83. The van der Waals surface area contributed by atoms with E-state index in [2.05, 4.69) is 45.4 Å². The molecule has 1 atom stereocenters. The highest BCUT2D eigenvalue weighted by molar-refractivity contribution is 9.25. The predicted molar refractivity (Wildman–Crippen MR) is 135 cm³/mol. The average molecular weight is 552 g/mol. The van der Waals surface area contributed by atoms with E-state index in [9.17, 15) is 4.79 Å². The maximum absolute atomic E-state index is 12.1. The van der Waals surface area contributed by atoms with Crippen molar-refractivity contribution in [1.82, 2.24) is 0 Å². The predicted octanol–water partition coefficient (Wildman–Crippen LogP) is 8.62. The summed E-state index contributed by atoms with van der Waals surface area (Å²) in [6, 6.07) is 0. The van der Waals surface area contributed by atoms with Gasteiger partial charge >= 0.3 is 5.97 Å². The minimum absolute atomic E-state index is 0.0853. The molecule has 0 aromatic heterocycles. The van der Waals surface area contributed by atoms with E-state index < -0.39 is 3.23 Å². The standard InChI is InChI=1S/C25H44Br2O3/c1-3-4-5-6-7-8-9-10-11-12-13-14-15-16-17-18-19-25(26,27)22(2)24(28)30-21-23-20-29-23/h23H,2-21H2,1H3. The molecule has 0 bridgehead atoms. The van der Waals surface area contributed by atoms with Crippen molar-refractivity contribution < 1.29 is 14.3 Å². The van der Waals surface area contributed by atoms with Gasteiger partial charge in [0, 0.05) is 0 Å². The van der Waals surface area contributed by atoms with Crippen LogP contribution in [0.15, 0.2) is 12.2 Å². The van der Waals surface area contributed by atoms with Gasteiger partial charge in [-0.1, -0.05) is 148 Å². The van der Waals surface area contributed by atoms with Crippen molar-refractivity contribution in [1.29, 1.82) is 0 Å². The van der Waals surface area contributed by atoms with Crippen molar-refractivity contribution in [3.63, 3.8) is 0 Å². The van der Waals surface area contributed by atoms with E-state index in [1.54, 1.807) is 0 Å². The van der Waals surface area contributed by atoms with Crippen LogP contribution in [-0.2, 0) is 14.3 Å². The molecule has 0 aromatic rings. The molecule has 0 saturated carbocycles. The molecule has 0 amide bonds. The second kappa shape index (κ2) is 17.7. The second-order valence-corrected chi connectivity index (χ2v) is 12.6. The lowest BCUT2D eigenvalue weighted by atomic mass is 10.0. The number of carbonyl (C=O) groups is 1. The van der Waals surface area contributed by atoms with E-state index >= 15 is 0 Å². The van der Waals surface area contributed by atoms with Gasteiger partial charge in [0.1, 0.15) is 15.9 Å². The Hall–Kier alpha value is 0.130. The van der Waals surface area contributed by atoms with E-state index in [4.69, 9.17) is 9.47 Å². The van der Waals surface area contributed by atoms with Gasteiger partial charge < -0.3 is 9.47 Å². The largest absolute Gasteiger partial charge is 0.459 e. The third kappa shape index (κ3) is 15.0. The fourth-order valence-electron chi connectivity index (χ4n) is 3.62. The quantitative estimate of drug-likeness (QED) is 0.0471. The topological polar surface area (TPSA) is 38.8 Å². The Kier molecular flexibility index (Phi) is 16.6. The third-order valence-corrected chi connectivity index (χ3v) is 7.59. The number of hydrogen-bond acceptors (Lipinski definition) is 3. The van der Waals surface area contributed by atoms with E-state index in [0.29, 0.717) is 18.8 Å². The van der Waals surface area contributed by atoms with E-state index in [1.165, 1.54) is 96.3 Å². The molecule has 3 nitrogen and oxygen atoms in total. The molecule has 30 heavy (non-hydrogen) atoms. The SMILES string of the molecule is C=C(C(=O)OCC1CO1)C(Br)(Br)CCCCCCCCCCCCCCCCCC. The van der Waals surface area contributed by atoms with Crippen molar-refractivity contribution in [2.75, 3.05) is 13.2 Å². The van der Waals surface area contributed by atoms with Gasteiger partial charge in [-0.05, 0) is 6.42 Å². The molecule has 1 rings (SSSR count). The Morgan fingerprint density at radius 2 is 1.27 bits per heavy atom. The highest BCUT2D eigenvalue weighted by Gasteiger charge is 2.33. The molecule has 1 aliphatic heterocycles. The summed E-state index contributed by atoms with van der Waals surface area (Å²) in [6.45, 7) is 7.20. The zero-order chi connectivity index (χ0) is 22.1. The van der Waals surface area contributed by atoms with Gasteiger partial charge in [0.25, 0.3) is 0 Å². The molecule has 0 radical (unpaired) electrons. The van der Waals surface area contributed by atoms with Crippen molar-refractivity contribution in [3.05, 3.63) is 12.2 Å². The minimum atomic E-state index is -0.558. The Morgan fingerprint density at radius 1 is 0.867 bits per heavy atom. The number of carbonyl (C=O) groups excluding carboxylic acids is 1. The fourth-order valence-corrected chi connectivity index (χ4v) is 4.50. The van der Waals surface area contributed by atoms with E-state index in [0.717, 1.165) is 12.8 Å². The van der Waals surface area contributed by atoms with Crippen LogP contribution < -0.4 is 0 Å². The smallest absolute Gasteiger partial charge is 0.335 e. The first-order valence-electron chi connectivity index (χ1n) is 12.3. The molecule has 0 aromatic carbocycles. The van der Waals surface area contributed by atoms with Gasteiger partial charge in [0.15, 0.2) is 0 Å². The highest BCUT2D eigenvalue weighted by Crippen LogP contribution is 2.39. The summed E-state index contributed by atoms with van der Waals surface area (Å²) in [6.07, 6.45) is 22.7. The van der Waals surface area contributed by atoms with E-state index in [-0.39, 0.29) is 12.1 Å². The van der Waals surface area contributed by atoms with Crippen molar-refractivity contribution >= 4 is 37.8 Å². The summed E-state index contributed by atoms with van der Waals surface area (Å²) < 4.78 is 9.72. The van der Waals surface area contributed by atoms with Crippen molar-refractivity contribution in [2.45, 2.75) is 125 Å². The molecule has 1 heterocycles. The summed E-state index contributed by atoms with van der Waals surface area (Å²) in [5.74, 6) is -0.351. The lowest BCUT2D eigenvalue weighted by Gasteiger charge is -2.21. The fraction of sp³-hybridized carbons (Fsp3) is 0.880. The number of epoxide rings is 1. The number of rotatable bonds is 21. The monoisotopic (exact) mass is 550 g/mol. The van der Waals surface area contributed by atoms with Gasteiger partial charge in [0.05, 0.1) is 12.2 Å². The molecule has 0 N–H and O–H groups in total. The maximum atomic E-state index is 12.1. The Labute approximate surface area is 202 Å². The summed E-state index contributed by atoms with van der Waals surface area (Å²) in [7, 11) is 0. The number of esters is 1. The summed E-state index contributed by atoms with van der Waals surface area (Å²) in [5, 5.41) is 0. The number of hydrogen-bond donors (Lipinski definition) is 0. The van der Waals surface area contributed by atoms with Gasteiger partial charge in [0.2, 0.25) is 0 Å². The summed E-state index contributed by atoms with van der Waals surface area (Å²) in [5.41, 5.74) is 0.434. The van der Waals surface area contributed by atoms with Crippen molar-refractivity contribution in [2.24, 2.45) is 0 Å². The van der Waals surface area contributed by atoms with Crippen LogP contribution in [0, 0.1) is 0 Å². The first-order chi connectivity index (χ1) is 14.5. The number of halogens is 2. The maximum Gasteiger partial charge on any atom is 0.335 e. The Morgan fingerprint density at radius 3 is 1.67 bits per heavy atom. The summed E-state index contributed by atoms with van der Waals surface area (Å²) >= 11 is 7.20. The molecule has 1 fully saturated rings. The van der Waals surface area contributed by atoms with Gasteiger partial charge in [-0.15, -0.1) is 0 Å².